The van der Waals surface area contributed by atoms with E-state index >= 15 is 0 Å². The molecule has 1 saturated carbocycles. The van der Waals surface area contributed by atoms with Crippen LogP contribution in [0.5, 0.6) is 0 Å². The summed E-state index contributed by atoms with van der Waals surface area (Å²) >= 11 is 2.06. The molecular formula is C29H46O3S. The van der Waals surface area contributed by atoms with E-state index in [0.717, 1.165) is 43.8 Å². The van der Waals surface area contributed by atoms with Crippen molar-refractivity contribution in [2.24, 2.45) is 17.8 Å². The predicted octanol–water partition coefficient (Wildman–Crippen LogP) is 7.64. The van der Waals surface area contributed by atoms with Crippen LogP contribution in [0.1, 0.15) is 109 Å². The van der Waals surface area contributed by atoms with Crippen molar-refractivity contribution in [2.75, 3.05) is 11.5 Å². The molecule has 3 nitrogen and oxygen atoms in total. The molecule has 33 heavy (non-hydrogen) atoms. The number of allylic oxidation sites excluding steroid dienone is 2. The molecule has 0 unspecified atom stereocenters. The molecule has 0 amide bonds. The Morgan fingerprint density at radius 2 is 1.70 bits per heavy atom. The van der Waals surface area contributed by atoms with Crippen LogP contribution in [0.2, 0.25) is 0 Å². The highest BCUT2D eigenvalue weighted by atomic mass is 32.2. The SMILES string of the molecule is O=C(O)CCC/C=C\C[C@@H]1[C@H](CSCCC#CCCCCCC2CCCCC2)[C@@H]2CC[C@H]1O2. The number of aliphatic carboxylic acids is 1. The lowest BCUT2D eigenvalue weighted by Crippen LogP contribution is -2.28. The molecule has 1 N–H and O–H groups in total. The van der Waals surface area contributed by atoms with Gasteiger partial charge in [0, 0.05) is 25.0 Å². The van der Waals surface area contributed by atoms with Crippen LogP contribution < -0.4 is 0 Å². The third kappa shape index (κ3) is 10.1. The number of rotatable bonds is 15. The maximum Gasteiger partial charge on any atom is 0.303 e. The quantitative estimate of drug-likeness (QED) is 0.150. The van der Waals surface area contributed by atoms with Crippen LogP contribution in [0.3, 0.4) is 0 Å². The van der Waals surface area contributed by atoms with Crippen molar-refractivity contribution in [3.63, 3.8) is 0 Å². The number of carboxylic acids is 1. The Balaban J connectivity index is 1.20. The first-order valence-electron chi connectivity index (χ1n) is 13.8. The summed E-state index contributed by atoms with van der Waals surface area (Å²) in [5.41, 5.74) is 0. The minimum Gasteiger partial charge on any atom is -0.481 e. The highest BCUT2D eigenvalue weighted by Crippen LogP contribution is 2.46. The van der Waals surface area contributed by atoms with E-state index in [2.05, 4.69) is 35.8 Å². The first-order chi connectivity index (χ1) is 16.2. The molecule has 4 heteroatoms. The molecule has 2 saturated heterocycles. The zero-order valence-electron chi connectivity index (χ0n) is 20.6. The highest BCUT2D eigenvalue weighted by molar-refractivity contribution is 7.99. The molecule has 2 heterocycles. The molecule has 3 rings (SSSR count). The first kappa shape index (κ1) is 26.7. The fourth-order valence-corrected chi connectivity index (χ4v) is 7.14. The number of fused-ring (bicyclic) bond motifs is 2. The van der Waals surface area contributed by atoms with Gasteiger partial charge in [-0.25, -0.2) is 0 Å². The summed E-state index contributed by atoms with van der Waals surface area (Å²) in [6, 6.07) is 0. The van der Waals surface area contributed by atoms with Crippen LogP contribution in [-0.4, -0.2) is 34.8 Å². The van der Waals surface area contributed by atoms with Crippen LogP contribution in [0.4, 0.5) is 0 Å². The molecule has 0 spiro atoms. The van der Waals surface area contributed by atoms with Gasteiger partial charge in [-0.3, -0.25) is 4.79 Å². The van der Waals surface area contributed by atoms with Crippen LogP contribution in [0, 0.1) is 29.6 Å². The molecule has 2 aliphatic heterocycles. The van der Waals surface area contributed by atoms with Gasteiger partial charge >= 0.3 is 5.97 Å². The van der Waals surface area contributed by atoms with Crippen LogP contribution in [-0.2, 0) is 9.53 Å². The van der Waals surface area contributed by atoms with E-state index in [0.29, 0.717) is 24.0 Å². The van der Waals surface area contributed by atoms with Gasteiger partial charge in [-0.15, -0.1) is 11.8 Å². The standard InChI is InChI=1S/C29H46O3S/c30-29(31)19-13-6-5-12-18-25-26(28-21-20-27(25)32-28)23-33-22-14-7-3-1-2-4-9-15-24-16-10-8-11-17-24/h5,12,24-28H,1-2,4,6,8-11,13-23H2,(H,30,31)/b12-5-/t25-,26+,27-,28+/m1/s1. The Morgan fingerprint density at radius 1 is 0.909 bits per heavy atom. The molecule has 4 atom stereocenters. The van der Waals surface area contributed by atoms with E-state index in [1.165, 1.54) is 76.4 Å². The zero-order valence-corrected chi connectivity index (χ0v) is 21.5. The maximum atomic E-state index is 10.6. The zero-order chi connectivity index (χ0) is 23.1. The monoisotopic (exact) mass is 474 g/mol. The number of hydrogen-bond donors (Lipinski definition) is 1. The highest BCUT2D eigenvalue weighted by Gasteiger charge is 2.47. The number of carbonyl (C=O) groups is 1. The van der Waals surface area contributed by atoms with Gasteiger partial charge in [0.05, 0.1) is 12.2 Å². The van der Waals surface area contributed by atoms with E-state index in [1.807, 2.05) is 0 Å². The molecule has 0 aromatic rings. The average molecular weight is 475 g/mol. The Kier molecular flexibility index (Phi) is 12.8. The molecule has 186 valence electrons. The molecule has 3 fully saturated rings. The molecular weight excluding hydrogens is 428 g/mol. The van der Waals surface area contributed by atoms with Gasteiger partial charge in [0.2, 0.25) is 0 Å². The van der Waals surface area contributed by atoms with E-state index in [1.54, 1.807) is 0 Å². The molecule has 0 aromatic heterocycles. The van der Waals surface area contributed by atoms with Crippen LogP contribution in [0.15, 0.2) is 12.2 Å². The van der Waals surface area contributed by atoms with Gasteiger partial charge in [0.25, 0.3) is 0 Å². The lowest BCUT2D eigenvalue weighted by Gasteiger charge is -2.26. The van der Waals surface area contributed by atoms with E-state index < -0.39 is 5.97 Å². The van der Waals surface area contributed by atoms with Crippen molar-refractivity contribution >= 4 is 17.7 Å². The van der Waals surface area contributed by atoms with Crippen molar-refractivity contribution in [1.82, 2.24) is 0 Å². The van der Waals surface area contributed by atoms with Crippen LogP contribution >= 0.6 is 11.8 Å². The second-order valence-electron chi connectivity index (χ2n) is 10.4. The Hall–Kier alpha value is -0.920. The van der Waals surface area contributed by atoms with Gasteiger partial charge < -0.3 is 9.84 Å². The van der Waals surface area contributed by atoms with Gasteiger partial charge in [0.15, 0.2) is 0 Å². The molecule has 0 aromatic carbocycles. The Labute approximate surface area is 206 Å². The predicted molar refractivity (Wildman–Crippen MR) is 139 cm³/mol. The minimum absolute atomic E-state index is 0.268. The number of ether oxygens (including phenoxy) is 1. The third-order valence-electron chi connectivity index (χ3n) is 7.87. The van der Waals surface area contributed by atoms with Crippen molar-refractivity contribution in [2.45, 2.75) is 121 Å². The van der Waals surface area contributed by atoms with Gasteiger partial charge in [0.1, 0.15) is 0 Å². The van der Waals surface area contributed by atoms with Crippen LogP contribution in [0.25, 0.3) is 0 Å². The second-order valence-corrected chi connectivity index (χ2v) is 11.5. The number of thioether (sulfide) groups is 1. The van der Waals surface area contributed by atoms with Crippen molar-refractivity contribution in [3.05, 3.63) is 12.2 Å². The number of carboxylic acid groups (broad SMARTS) is 1. The van der Waals surface area contributed by atoms with Gasteiger partial charge in [-0.1, -0.05) is 63.5 Å². The van der Waals surface area contributed by atoms with E-state index in [4.69, 9.17) is 9.84 Å². The van der Waals surface area contributed by atoms with E-state index in [9.17, 15) is 4.79 Å². The van der Waals surface area contributed by atoms with Crippen molar-refractivity contribution < 1.29 is 14.6 Å². The Morgan fingerprint density at radius 3 is 2.52 bits per heavy atom. The largest absolute Gasteiger partial charge is 0.481 e. The number of unbranched alkanes of at least 4 members (excludes halogenated alkanes) is 4. The summed E-state index contributed by atoms with van der Waals surface area (Å²) in [4.78, 5) is 10.6. The third-order valence-corrected chi connectivity index (χ3v) is 8.99. The normalized spacial score (nSPS) is 27.2. The lowest BCUT2D eigenvalue weighted by atomic mass is 9.78. The summed E-state index contributed by atoms with van der Waals surface area (Å²) in [6.45, 7) is 0. The lowest BCUT2D eigenvalue weighted by molar-refractivity contribution is -0.137. The summed E-state index contributed by atoms with van der Waals surface area (Å²) in [5, 5.41) is 8.73. The maximum absolute atomic E-state index is 10.6. The van der Waals surface area contributed by atoms with E-state index in [-0.39, 0.29) is 6.42 Å². The summed E-state index contributed by atoms with van der Waals surface area (Å²) in [5.74, 6) is 10.8. The topological polar surface area (TPSA) is 46.5 Å². The number of hydrogen-bond acceptors (Lipinski definition) is 3. The van der Waals surface area contributed by atoms with Crippen molar-refractivity contribution in [1.29, 1.82) is 0 Å². The second kappa shape index (κ2) is 15.9. The molecule has 1 aliphatic carbocycles. The minimum atomic E-state index is -0.698. The summed E-state index contributed by atoms with van der Waals surface area (Å²) < 4.78 is 6.24. The molecule has 2 bridgehead atoms. The average Bonchev–Trinajstić information content (AvgIpc) is 3.42. The fraction of sp³-hybridized carbons (Fsp3) is 0.828. The molecule has 0 radical (unpaired) electrons. The summed E-state index contributed by atoms with van der Waals surface area (Å²) in [7, 11) is 0. The first-order valence-corrected chi connectivity index (χ1v) is 14.9. The van der Waals surface area contributed by atoms with Crippen molar-refractivity contribution in [3.8, 4) is 11.8 Å². The smallest absolute Gasteiger partial charge is 0.303 e. The molecule has 3 aliphatic rings. The Bertz CT molecular complexity index is 643. The van der Waals surface area contributed by atoms with Gasteiger partial charge in [-0.2, -0.15) is 11.8 Å². The fourth-order valence-electron chi connectivity index (χ4n) is 5.99. The van der Waals surface area contributed by atoms with Gasteiger partial charge in [-0.05, 0) is 62.0 Å². The summed E-state index contributed by atoms with van der Waals surface area (Å²) in [6.07, 6.45) is 25.7.